The van der Waals surface area contributed by atoms with E-state index in [1.807, 2.05) is 0 Å². The first kappa shape index (κ1) is 39.1. The van der Waals surface area contributed by atoms with E-state index < -0.39 is 49.0 Å². The lowest BCUT2D eigenvalue weighted by Crippen LogP contribution is -2.46. The molecule has 0 aliphatic carbocycles. The van der Waals surface area contributed by atoms with Crippen LogP contribution in [0.1, 0.15) is 32.6 Å². The Morgan fingerprint density at radius 2 is 1.18 bits per heavy atom. The smallest absolute Gasteiger partial charge is 0.320 e. The zero-order chi connectivity index (χ0) is 39.7. The Morgan fingerprint density at radius 3 is 1.82 bits per heavy atom. The van der Waals surface area contributed by atoms with E-state index >= 15 is 13.6 Å². The van der Waals surface area contributed by atoms with Gasteiger partial charge in [-0.15, -0.1) is 5.10 Å². The second kappa shape index (κ2) is 13.8. The first-order valence-corrected chi connectivity index (χ1v) is 20.8. The molecule has 1 heterocycles. The molecule has 1 atom stereocenters. The van der Waals surface area contributed by atoms with Crippen LogP contribution in [-0.2, 0) is 32.4 Å². The quantitative estimate of drug-likeness (QED) is 0.0595. The number of ketones is 1. The van der Waals surface area contributed by atoms with Crippen LogP contribution in [-0.4, -0.2) is 40.4 Å². The molecule has 0 saturated carbocycles. The van der Waals surface area contributed by atoms with E-state index in [0.29, 0.717) is 27.4 Å². The van der Waals surface area contributed by atoms with Crippen LogP contribution < -0.4 is 0 Å². The third-order valence-electron chi connectivity index (χ3n) is 9.36. The number of aromatic nitrogens is 3. The van der Waals surface area contributed by atoms with Crippen LogP contribution in [0.25, 0.3) is 32.6 Å². The molecule has 0 aliphatic heterocycles. The fourth-order valence-electron chi connectivity index (χ4n) is 6.61. The van der Waals surface area contributed by atoms with Crippen LogP contribution in [0, 0.1) is 0 Å². The maximum absolute atomic E-state index is 15.2. The topological polar surface area (TPSA) is 163 Å². The summed E-state index contributed by atoms with van der Waals surface area (Å²) in [5.41, 5.74) is -11.0. The van der Waals surface area contributed by atoms with Crippen molar-refractivity contribution < 1.29 is 51.1 Å². The second-order valence-corrected chi connectivity index (χ2v) is 17.8. The molecule has 1 unspecified atom stereocenters. The zero-order valence-corrected chi connectivity index (χ0v) is 32.7. The van der Waals surface area contributed by atoms with Crippen molar-refractivity contribution in [3.8, 4) is 0 Å². The summed E-state index contributed by atoms with van der Waals surface area (Å²) >= 11 is 6.07. The molecule has 0 spiro atoms. The minimum atomic E-state index is -5.94. The number of hydrogen-bond acceptors (Lipinski definition) is 5. The third-order valence-corrected chi connectivity index (χ3v) is 12.6. The Labute approximate surface area is 325 Å². The molecular weight excluding hydrogens is 896 g/mol. The first-order valence-electron chi connectivity index (χ1n) is 16.0. The molecule has 0 fully saturated rings. The van der Waals surface area contributed by atoms with E-state index in [1.54, 1.807) is 72.8 Å². The molecule has 10 nitrogen and oxygen atoms in total. The van der Waals surface area contributed by atoms with Gasteiger partial charge in [0.2, 0.25) is 0 Å². The van der Waals surface area contributed by atoms with Gasteiger partial charge in [0.05, 0.1) is 5.52 Å². The standard InChI is InChI=1S/C37H25Br2F4N3O7P2/c38-30-18-24-11-10-21(14-25(24)17-29(30)37(42,43)55(51,52)53)20-35(34(47)22-6-2-1-3-7-22,46-33-9-5-4-8-32(33)44-45-46)27-13-12-23-16-28(31(39)19-26(23)15-27)36(40,41)54(48,49)50/h1-19H,20H2,(H2,48,49,50)(H2,51,52,53). The van der Waals surface area contributed by atoms with Crippen molar-refractivity contribution in [1.82, 2.24) is 15.0 Å². The minimum Gasteiger partial charge on any atom is -0.320 e. The van der Waals surface area contributed by atoms with Gasteiger partial charge in [-0.25, -0.2) is 4.68 Å². The van der Waals surface area contributed by atoms with Gasteiger partial charge in [0.1, 0.15) is 5.52 Å². The van der Waals surface area contributed by atoms with Crippen LogP contribution in [0.2, 0.25) is 0 Å². The molecular formula is C37H25Br2F4N3O7P2. The normalized spacial score (nSPS) is 14.1. The van der Waals surface area contributed by atoms with Gasteiger partial charge in [0.25, 0.3) is 0 Å². The molecule has 7 rings (SSSR count). The van der Waals surface area contributed by atoms with Gasteiger partial charge in [0.15, 0.2) is 11.3 Å². The highest BCUT2D eigenvalue weighted by atomic mass is 79.9. The monoisotopic (exact) mass is 919 g/mol. The maximum Gasteiger partial charge on any atom is 0.399 e. The summed E-state index contributed by atoms with van der Waals surface area (Å²) in [6, 6.07) is 28.8. The van der Waals surface area contributed by atoms with Crippen molar-refractivity contribution in [3.63, 3.8) is 0 Å². The van der Waals surface area contributed by atoms with E-state index in [4.69, 9.17) is 0 Å². The molecule has 0 aliphatic rings. The number of hydrogen-bond donors (Lipinski definition) is 4. The van der Waals surface area contributed by atoms with E-state index in [9.17, 15) is 37.5 Å². The van der Waals surface area contributed by atoms with Gasteiger partial charge in [-0.3, -0.25) is 13.9 Å². The van der Waals surface area contributed by atoms with Crippen molar-refractivity contribution in [2.45, 2.75) is 23.3 Å². The molecule has 282 valence electrons. The van der Waals surface area contributed by atoms with Crippen LogP contribution in [0.5, 0.6) is 0 Å². The number of halogens is 6. The van der Waals surface area contributed by atoms with Crippen LogP contribution in [0.4, 0.5) is 17.6 Å². The van der Waals surface area contributed by atoms with Gasteiger partial charge in [0, 0.05) is 32.1 Å². The average Bonchev–Trinajstić information content (AvgIpc) is 3.57. The van der Waals surface area contributed by atoms with Crippen molar-refractivity contribution in [3.05, 3.63) is 152 Å². The lowest BCUT2D eigenvalue weighted by Gasteiger charge is -2.34. The number of Topliss-reactive ketones (excluding diaryl/α,β-unsaturated/α-hetero) is 1. The zero-order valence-electron chi connectivity index (χ0n) is 27.7. The first-order chi connectivity index (χ1) is 25.8. The molecule has 0 saturated heterocycles. The molecule has 6 aromatic carbocycles. The predicted octanol–water partition coefficient (Wildman–Crippen LogP) is 9.59. The van der Waals surface area contributed by atoms with E-state index in [0.717, 1.165) is 12.1 Å². The van der Waals surface area contributed by atoms with E-state index in [1.165, 1.54) is 35.0 Å². The number of carbonyl (C=O) groups is 1. The predicted molar refractivity (Wildman–Crippen MR) is 204 cm³/mol. The summed E-state index contributed by atoms with van der Waals surface area (Å²) in [6.07, 6.45) is -0.203. The number of alkyl halides is 4. The van der Waals surface area contributed by atoms with Crippen molar-refractivity contribution in [2.75, 3.05) is 0 Å². The van der Waals surface area contributed by atoms with Crippen LogP contribution in [0.3, 0.4) is 0 Å². The summed E-state index contributed by atoms with van der Waals surface area (Å²) < 4.78 is 84.4. The number of nitrogens with zero attached hydrogens (tertiary/aromatic N) is 3. The fourth-order valence-corrected chi connectivity index (χ4v) is 9.14. The number of para-hydroxylation sites is 1. The molecule has 7 aromatic rings. The highest BCUT2D eigenvalue weighted by molar-refractivity contribution is 9.10. The molecule has 0 bridgehead atoms. The van der Waals surface area contributed by atoms with Gasteiger partial charge in [-0.2, -0.15) is 17.6 Å². The molecule has 4 N–H and O–H groups in total. The number of fused-ring (bicyclic) bond motifs is 3. The molecule has 18 heteroatoms. The number of carbonyl (C=O) groups excluding carboxylic acids is 1. The summed E-state index contributed by atoms with van der Waals surface area (Å²) in [5, 5.41) is 9.86. The third kappa shape index (κ3) is 6.68. The average molecular weight is 921 g/mol. The molecule has 0 radical (unpaired) electrons. The number of rotatable bonds is 10. The lowest BCUT2D eigenvalue weighted by atomic mass is 9.76. The van der Waals surface area contributed by atoms with Crippen LogP contribution >= 0.6 is 47.1 Å². The molecule has 1 aromatic heterocycles. The highest BCUT2D eigenvalue weighted by Gasteiger charge is 2.53. The summed E-state index contributed by atoms with van der Waals surface area (Å²) in [5.74, 6) is -0.489. The van der Waals surface area contributed by atoms with Crippen LogP contribution in [0.15, 0.2) is 124 Å². The summed E-state index contributed by atoms with van der Waals surface area (Å²) in [6.45, 7) is 0. The van der Waals surface area contributed by atoms with Gasteiger partial charge in [-0.05, 0) is 75.1 Å². The Morgan fingerprint density at radius 1 is 0.655 bits per heavy atom. The summed E-state index contributed by atoms with van der Waals surface area (Å²) in [7, 11) is -11.9. The lowest BCUT2D eigenvalue weighted by molar-refractivity contribution is 0.0558. The Kier molecular flexibility index (Phi) is 9.83. The Bertz CT molecular complexity index is 2780. The van der Waals surface area contributed by atoms with Crippen molar-refractivity contribution in [2.24, 2.45) is 0 Å². The second-order valence-electron chi connectivity index (χ2n) is 12.8. The van der Waals surface area contributed by atoms with Gasteiger partial charge in [-0.1, -0.05) is 110 Å². The van der Waals surface area contributed by atoms with Crippen molar-refractivity contribution >= 4 is 85.4 Å². The van der Waals surface area contributed by atoms with E-state index in [2.05, 4.69) is 42.2 Å². The highest BCUT2D eigenvalue weighted by Crippen LogP contribution is 2.62. The largest absolute Gasteiger partial charge is 0.399 e. The fraction of sp³-hybridized carbons (Fsp3) is 0.108. The Balaban J connectivity index is 1.51. The van der Waals surface area contributed by atoms with Crippen molar-refractivity contribution in [1.29, 1.82) is 0 Å². The maximum atomic E-state index is 15.2. The minimum absolute atomic E-state index is 0.161. The Hall–Kier alpha value is -4.11. The van der Waals surface area contributed by atoms with E-state index in [-0.39, 0.29) is 37.3 Å². The number of benzene rings is 6. The van der Waals surface area contributed by atoms with Gasteiger partial charge < -0.3 is 19.6 Å². The SMILES string of the molecule is O=C(c1ccccc1)C(Cc1ccc2cc(Br)c(C(F)(F)P(=O)(O)O)cc2c1)(c1ccc2cc(C(F)(F)P(=O)(O)O)c(Br)cc2c1)n1nnc2ccccc21. The summed E-state index contributed by atoms with van der Waals surface area (Å²) in [4.78, 5) is 53.1. The van der Waals surface area contributed by atoms with Gasteiger partial charge >= 0.3 is 26.5 Å². The molecule has 0 amide bonds. The molecule has 55 heavy (non-hydrogen) atoms.